The number of nitrogens with one attached hydrogen (secondary N) is 1. The van der Waals surface area contributed by atoms with E-state index in [0.29, 0.717) is 22.9 Å². The Hall–Kier alpha value is -0.610. The maximum absolute atomic E-state index is 13.1. The summed E-state index contributed by atoms with van der Waals surface area (Å²) in [5.74, 6) is 0.255. The van der Waals surface area contributed by atoms with Gasteiger partial charge >= 0.3 is 0 Å². The molecule has 0 bridgehead atoms. The average Bonchev–Trinajstić information content (AvgIpc) is 2.18. The van der Waals surface area contributed by atoms with E-state index in [2.05, 4.69) is 35.1 Å². The van der Waals surface area contributed by atoms with E-state index in [0.717, 1.165) is 6.54 Å². The number of halogens is 2. The molecule has 0 fully saturated rings. The Bertz CT molecular complexity index is 317. The zero-order valence-corrected chi connectivity index (χ0v) is 10.5. The molecule has 2 nitrogen and oxygen atoms in total. The van der Waals surface area contributed by atoms with E-state index in [4.69, 9.17) is 4.74 Å². The molecule has 0 amide bonds. The smallest absolute Gasteiger partial charge is 0.141 e. The van der Waals surface area contributed by atoms with Gasteiger partial charge in [0, 0.05) is 18.7 Å². The van der Waals surface area contributed by atoms with E-state index in [1.807, 2.05) is 0 Å². The zero-order chi connectivity index (χ0) is 11.3. The summed E-state index contributed by atoms with van der Waals surface area (Å²) in [4.78, 5) is 0. The van der Waals surface area contributed by atoms with Crippen LogP contribution >= 0.6 is 15.9 Å². The zero-order valence-electron chi connectivity index (χ0n) is 8.89. The van der Waals surface area contributed by atoms with Crippen molar-refractivity contribution < 1.29 is 9.13 Å². The molecule has 84 valence electrons. The van der Waals surface area contributed by atoms with Gasteiger partial charge in [0.25, 0.3) is 0 Å². The minimum absolute atomic E-state index is 0.302. The van der Waals surface area contributed by atoms with Crippen molar-refractivity contribution in [3.05, 3.63) is 28.5 Å². The maximum atomic E-state index is 13.1. The van der Waals surface area contributed by atoms with E-state index in [9.17, 15) is 4.39 Å². The first-order valence-electron chi connectivity index (χ1n) is 4.91. The molecule has 0 heterocycles. The van der Waals surface area contributed by atoms with Crippen molar-refractivity contribution in [2.75, 3.05) is 13.2 Å². The molecule has 4 heteroatoms. The van der Waals surface area contributed by atoms with Crippen molar-refractivity contribution >= 4 is 15.9 Å². The molecule has 0 atom stereocenters. The van der Waals surface area contributed by atoms with Crippen molar-refractivity contribution in [1.82, 2.24) is 5.32 Å². The molecule has 0 radical (unpaired) electrons. The first-order valence-corrected chi connectivity index (χ1v) is 5.70. The highest BCUT2D eigenvalue weighted by molar-refractivity contribution is 9.10. The van der Waals surface area contributed by atoms with E-state index in [1.54, 1.807) is 12.1 Å². The molecule has 0 saturated heterocycles. The molecule has 0 aliphatic rings. The van der Waals surface area contributed by atoms with E-state index >= 15 is 0 Å². The summed E-state index contributed by atoms with van der Waals surface area (Å²) in [5.41, 5.74) is 0. The van der Waals surface area contributed by atoms with Gasteiger partial charge in [0.1, 0.15) is 18.2 Å². The second-order valence-corrected chi connectivity index (χ2v) is 4.39. The maximum Gasteiger partial charge on any atom is 0.141 e. The molecule has 1 aromatic carbocycles. The third-order valence-electron chi connectivity index (χ3n) is 1.81. The molecule has 0 aliphatic carbocycles. The highest BCUT2D eigenvalue weighted by Gasteiger charge is 2.01. The highest BCUT2D eigenvalue weighted by atomic mass is 79.9. The van der Waals surface area contributed by atoms with Crippen LogP contribution in [-0.2, 0) is 0 Å². The standard InChI is InChI=1S/C11H15BrFNO/c1-8(2)14-5-6-15-9-3-4-10(12)11(13)7-9/h3-4,7-8,14H,5-6H2,1-2H3. The van der Waals surface area contributed by atoms with Gasteiger partial charge in [-0.3, -0.25) is 0 Å². The molecule has 0 aromatic heterocycles. The molecule has 0 spiro atoms. The van der Waals surface area contributed by atoms with Crippen LogP contribution in [0.1, 0.15) is 13.8 Å². The lowest BCUT2D eigenvalue weighted by Gasteiger charge is -2.09. The van der Waals surface area contributed by atoms with Gasteiger partial charge in [0.2, 0.25) is 0 Å². The van der Waals surface area contributed by atoms with E-state index in [1.165, 1.54) is 6.07 Å². The minimum Gasteiger partial charge on any atom is -0.492 e. The molecule has 1 rings (SSSR count). The summed E-state index contributed by atoms with van der Waals surface area (Å²) in [7, 11) is 0. The fourth-order valence-corrected chi connectivity index (χ4v) is 1.33. The van der Waals surface area contributed by atoms with Gasteiger partial charge in [-0.2, -0.15) is 0 Å². The van der Waals surface area contributed by atoms with Crippen molar-refractivity contribution in [2.24, 2.45) is 0 Å². The Kier molecular flexibility index (Phi) is 5.05. The fourth-order valence-electron chi connectivity index (χ4n) is 1.08. The third kappa shape index (κ3) is 4.62. The van der Waals surface area contributed by atoms with Crippen molar-refractivity contribution in [1.29, 1.82) is 0 Å². The van der Waals surface area contributed by atoms with Gasteiger partial charge in [0.15, 0.2) is 0 Å². The second-order valence-electron chi connectivity index (χ2n) is 3.53. The lowest BCUT2D eigenvalue weighted by atomic mass is 10.3. The summed E-state index contributed by atoms with van der Waals surface area (Å²) in [5, 5.41) is 3.21. The summed E-state index contributed by atoms with van der Waals surface area (Å²) >= 11 is 3.09. The SMILES string of the molecule is CC(C)NCCOc1ccc(Br)c(F)c1. The second kappa shape index (κ2) is 6.08. The molecule has 1 N–H and O–H groups in total. The number of rotatable bonds is 5. The molecule has 1 aromatic rings. The van der Waals surface area contributed by atoms with Crippen LogP contribution in [0.25, 0.3) is 0 Å². The Morgan fingerprint density at radius 2 is 2.20 bits per heavy atom. The molecule has 15 heavy (non-hydrogen) atoms. The van der Waals surface area contributed by atoms with Crippen LogP contribution in [-0.4, -0.2) is 19.2 Å². The summed E-state index contributed by atoms with van der Waals surface area (Å²) in [6, 6.07) is 5.19. The Morgan fingerprint density at radius 3 is 2.80 bits per heavy atom. The van der Waals surface area contributed by atoms with Crippen LogP contribution in [0.15, 0.2) is 22.7 Å². The van der Waals surface area contributed by atoms with Crippen LogP contribution in [0, 0.1) is 5.82 Å². The lowest BCUT2D eigenvalue weighted by Crippen LogP contribution is -2.27. The van der Waals surface area contributed by atoms with Crippen LogP contribution in [0.3, 0.4) is 0 Å². The first-order chi connectivity index (χ1) is 7.09. The number of ether oxygens (including phenoxy) is 1. The summed E-state index contributed by atoms with van der Waals surface area (Å²) in [6.45, 7) is 5.44. The normalized spacial score (nSPS) is 10.7. The monoisotopic (exact) mass is 275 g/mol. The fraction of sp³-hybridized carbons (Fsp3) is 0.455. The van der Waals surface area contributed by atoms with Gasteiger partial charge in [0.05, 0.1) is 4.47 Å². The van der Waals surface area contributed by atoms with Gasteiger partial charge < -0.3 is 10.1 Å². The van der Waals surface area contributed by atoms with Crippen LogP contribution in [0.4, 0.5) is 4.39 Å². The Balaban J connectivity index is 2.35. The largest absolute Gasteiger partial charge is 0.492 e. The quantitative estimate of drug-likeness (QED) is 0.835. The van der Waals surface area contributed by atoms with Crippen LogP contribution < -0.4 is 10.1 Å². The predicted octanol–water partition coefficient (Wildman–Crippen LogP) is 2.97. The Labute approximate surface area is 98.0 Å². The molecular formula is C11H15BrFNO. The molecule has 0 aliphatic heterocycles. The minimum atomic E-state index is -0.302. The van der Waals surface area contributed by atoms with Crippen LogP contribution in [0.2, 0.25) is 0 Å². The topological polar surface area (TPSA) is 21.3 Å². The number of benzene rings is 1. The number of hydrogen-bond donors (Lipinski definition) is 1. The van der Waals surface area contributed by atoms with Gasteiger partial charge in [-0.05, 0) is 28.1 Å². The Morgan fingerprint density at radius 1 is 1.47 bits per heavy atom. The van der Waals surface area contributed by atoms with Crippen molar-refractivity contribution in [2.45, 2.75) is 19.9 Å². The number of hydrogen-bond acceptors (Lipinski definition) is 2. The van der Waals surface area contributed by atoms with E-state index < -0.39 is 0 Å². The molecule has 0 unspecified atom stereocenters. The van der Waals surface area contributed by atoms with Crippen molar-refractivity contribution in [3.8, 4) is 5.75 Å². The predicted molar refractivity (Wildman–Crippen MR) is 62.7 cm³/mol. The average molecular weight is 276 g/mol. The first kappa shape index (κ1) is 12.5. The van der Waals surface area contributed by atoms with Gasteiger partial charge in [-0.25, -0.2) is 4.39 Å². The van der Waals surface area contributed by atoms with Gasteiger partial charge in [-0.15, -0.1) is 0 Å². The van der Waals surface area contributed by atoms with E-state index in [-0.39, 0.29) is 5.82 Å². The van der Waals surface area contributed by atoms with Crippen LogP contribution in [0.5, 0.6) is 5.75 Å². The summed E-state index contributed by atoms with van der Waals surface area (Å²) in [6.07, 6.45) is 0. The van der Waals surface area contributed by atoms with Gasteiger partial charge in [-0.1, -0.05) is 13.8 Å². The third-order valence-corrected chi connectivity index (χ3v) is 2.46. The lowest BCUT2D eigenvalue weighted by molar-refractivity contribution is 0.307. The molecule has 0 saturated carbocycles. The van der Waals surface area contributed by atoms with Crippen molar-refractivity contribution in [3.63, 3.8) is 0 Å². The highest BCUT2D eigenvalue weighted by Crippen LogP contribution is 2.20. The summed E-state index contributed by atoms with van der Waals surface area (Å²) < 4.78 is 18.9. The molecular weight excluding hydrogens is 261 g/mol.